The summed E-state index contributed by atoms with van der Waals surface area (Å²) < 4.78 is 6.64. The monoisotopic (exact) mass is 358 g/mol. The second-order valence-corrected chi connectivity index (χ2v) is 5.70. The zero-order valence-corrected chi connectivity index (χ0v) is 13.7. The lowest BCUT2D eigenvalue weighted by Crippen LogP contribution is -1.98. The first-order valence-corrected chi connectivity index (χ1v) is 7.79. The number of rotatable bonds is 3. The lowest BCUT2D eigenvalue weighted by atomic mass is 10.0. The minimum Gasteiger partial charge on any atom is -0.478 e. The van der Waals surface area contributed by atoms with Crippen LogP contribution in [0.3, 0.4) is 0 Å². The van der Waals surface area contributed by atoms with E-state index in [1.165, 1.54) is 22.9 Å². The molecule has 0 aliphatic carbocycles. The molecule has 0 bridgehead atoms. The Hall–Kier alpha value is -4.25. The fraction of sp³-hybridized carbons (Fsp3) is 0. The third-order valence-corrected chi connectivity index (χ3v) is 4.03. The van der Waals surface area contributed by atoms with Gasteiger partial charge in [-0.1, -0.05) is 5.21 Å². The van der Waals surface area contributed by atoms with Crippen molar-refractivity contribution in [2.45, 2.75) is 0 Å². The van der Waals surface area contributed by atoms with E-state index in [-0.39, 0.29) is 5.56 Å². The number of carboxylic acid groups (broad SMARTS) is 1. The van der Waals surface area contributed by atoms with Gasteiger partial charge in [-0.3, -0.25) is 0 Å². The number of hydrogen-bond acceptors (Lipinski definition) is 6. The summed E-state index contributed by atoms with van der Waals surface area (Å²) in [6.45, 7) is 0. The van der Waals surface area contributed by atoms with Gasteiger partial charge in [0.25, 0.3) is 0 Å². The largest absolute Gasteiger partial charge is 0.478 e. The van der Waals surface area contributed by atoms with Crippen LogP contribution in [-0.2, 0) is 0 Å². The minimum atomic E-state index is -1.02. The summed E-state index contributed by atoms with van der Waals surface area (Å²) in [4.78, 5) is 22.4. The first kappa shape index (κ1) is 16.2. The average molecular weight is 358 g/mol. The summed E-state index contributed by atoms with van der Waals surface area (Å²) >= 11 is 0. The maximum absolute atomic E-state index is 11.4. The number of carbonyl (C=O) groups is 1. The van der Waals surface area contributed by atoms with Crippen LogP contribution in [0.2, 0.25) is 0 Å². The van der Waals surface area contributed by atoms with Gasteiger partial charge in [-0.15, -0.1) is 5.10 Å². The quantitative estimate of drug-likeness (QED) is 0.558. The Kier molecular flexibility index (Phi) is 3.75. The van der Waals surface area contributed by atoms with Gasteiger partial charge >= 0.3 is 11.6 Å². The second-order valence-electron chi connectivity index (χ2n) is 5.70. The highest BCUT2D eigenvalue weighted by Crippen LogP contribution is 2.27. The second kappa shape index (κ2) is 6.24. The number of nitrogens with zero attached hydrogens (tertiary/aromatic N) is 4. The smallest absolute Gasteiger partial charge is 0.336 e. The standard InChI is InChI=1S/C19H10N4O4/c20-9-13-7-12-3-6-18(24)27-17(12)8-15(13)16-10-23(22-21-16)14-4-1-11(2-5-14)19(25)26/h1-8,10H,(H,25,26). The maximum atomic E-state index is 11.4. The molecule has 0 saturated heterocycles. The zero-order valence-electron chi connectivity index (χ0n) is 13.7. The Labute approximate surface area is 151 Å². The molecule has 4 aromatic rings. The molecule has 0 amide bonds. The highest BCUT2D eigenvalue weighted by atomic mass is 16.4. The first-order valence-electron chi connectivity index (χ1n) is 7.79. The van der Waals surface area contributed by atoms with E-state index in [2.05, 4.69) is 16.4 Å². The third kappa shape index (κ3) is 2.94. The minimum absolute atomic E-state index is 0.162. The van der Waals surface area contributed by atoms with Crippen molar-refractivity contribution in [1.82, 2.24) is 15.0 Å². The molecule has 2 aromatic heterocycles. The maximum Gasteiger partial charge on any atom is 0.336 e. The molecular formula is C19H10N4O4. The Morgan fingerprint density at radius 3 is 2.63 bits per heavy atom. The summed E-state index contributed by atoms with van der Waals surface area (Å²) in [5.74, 6) is -1.02. The van der Waals surface area contributed by atoms with Crippen molar-refractivity contribution in [3.8, 4) is 23.0 Å². The van der Waals surface area contributed by atoms with Crippen LogP contribution < -0.4 is 5.63 Å². The van der Waals surface area contributed by atoms with Crippen LogP contribution >= 0.6 is 0 Å². The van der Waals surface area contributed by atoms with Gasteiger partial charge in [-0.05, 0) is 42.5 Å². The van der Waals surface area contributed by atoms with Gasteiger partial charge in [-0.25, -0.2) is 14.3 Å². The molecule has 4 rings (SSSR count). The molecule has 0 atom stereocenters. The van der Waals surface area contributed by atoms with Crippen LogP contribution in [0.5, 0.6) is 0 Å². The van der Waals surface area contributed by atoms with E-state index in [1.54, 1.807) is 36.5 Å². The van der Waals surface area contributed by atoms with Gasteiger partial charge in [0.2, 0.25) is 0 Å². The number of hydrogen-bond donors (Lipinski definition) is 1. The van der Waals surface area contributed by atoms with Crippen molar-refractivity contribution < 1.29 is 14.3 Å². The summed E-state index contributed by atoms with van der Waals surface area (Å²) in [6, 6.07) is 14.3. The number of fused-ring (bicyclic) bond motifs is 1. The molecule has 2 aromatic carbocycles. The van der Waals surface area contributed by atoms with Gasteiger partial charge in [0.05, 0.1) is 29.1 Å². The predicted octanol–water partition coefficient (Wildman–Crippen LogP) is 2.61. The van der Waals surface area contributed by atoms with E-state index in [4.69, 9.17) is 9.52 Å². The van der Waals surface area contributed by atoms with Gasteiger partial charge < -0.3 is 9.52 Å². The van der Waals surface area contributed by atoms with Crippen molar-refractivity contribution in [1.29, 1.82) is 5.26 Å². The molecule has 0 aliphatic rings. The molecule has 1 N–H and O–H groups in total. The third-order valence-electron chi connectivity index (χ3n) is 4.03. The first-order chi connectivity index (χ1) is 13.0. The van der Waals surface area contributed by atoms with Crippen LogP contribution in [-0.4, -0.2) is 26.1 Å². The van der Waals surface area contributed by atoms with E-state index in [9.17, 15) is 14.9 Å². The Morgan fingerprint density at radius 2 is 1.93 bits per heavy atom. The SMILES string of the molecule is N#Cc1cc2ccc(=O)oc2cc1-c1cn(-c2ccc(C(=O)O)cc2)nn1. The van der Waals surface area contributed by atoms with Crippen molar-refractivity contribution >= 4 is 16.9 Å². The average Bonchev–Trinajstić information content (AvgIpc) is 3.17. The van der Waals surface area contributed by atoms with Crippen LogP contribution in [0.25, 0.3) is 27.9 Å². The molecule has 0 aliphatic heterocycles. The molecule has 130 valence electrons. The van der Waals surface area contributed by atoms with E-state index in [0.29, 0.717) is 33.5 Å². The van der Waals surface area contributed by atoms with E-state index in [0.717, 1.165) is 0 Å². The van der Waals surface area contributed by atoms with E-state index < -0.39 is 11.6 Å². The van der Waals surface area contributed by atoms with Crippen LogP contribution in [0, 0.1) is 11.3 Å². The fourth-order valence-corrected chi connectivity index (χ4v) is 2.69. The predicted molar refractivity (Wildman–Crippen MR) is 94.5 cm³/mol. The van der Waals surface area contributed by atoms with E-state index >= 15 is 0 Å². The topological polar surface area (TPSA) is 122 Å². The highest BCUT2D eigenvalue weighted by molar-refractivity contribution is 5.88. The van der Waals surface area contributed by atoms with Crippen molar-refractivity contribution in [2.75, 3.05) is 0 Å². The molecule has 0 fully saturated rings. The number of nitriles is 1. The Bertz CT molecular complexity index is 1280. The van der Waals surface area contributed by atoms with Crippen LogP contribution in [0.4, 0.5) is 0 Å². The fourth-order valence-electron chi connectivity index (χ4n) is 2.69. The lowest BCUT2D eigenvalue weighted by molar-refractivity contribution is 0.0697. The van der Waals surface area contributed by atoms with Gasteiger partial charge in [0.1, 0.15) is 11.3 Å². The Morgan fingerprint density at radius 1 is 1.15 bits per heavy atom. The van der Waals surface area contributed by atoms with Gasteiger partial charge in [0, 0.05) is 17.0 Å². The van der Waals surface area contributed by atoms with Crippen LogP contribution in [0.15, 0.2) is 63.9 Å². The number of aromatic carboxylic acids is 1. The van der Waals surface area contributed by atoms with Crippen LogP contribution in [0.1, 0.15) is 15.9 Å². The number of carboxylic acids is 1. The highest BCUT2D eigenvalue weighted by Gasteiger charge is 2.13. The Balaban J connectivity index is 1.79. The zero-order chi connectivity index (χ0) is 19.0. The molecule has 27 heavy (non-hydrogen) atoms. The lowest BCUT2D eigenvalue weighted by Gasteiger charge is -2.03. The number of benzene rings is 2. The van der Waals surface area contributed by atoms with Crippen molar-refractivity contribution in [3.05, 3.63) is 76.3 Å². The summed E-state index contributed by atoms with van der Waals surface area (Å²) in [5, 5.41) is 27.2. The molecular weight excluding hydrogens is 348 g/mol. The summed E-state index contributed by atoms with van der Waals surface area (Å²) in [5.41, 5.74) is 1.90. The molecule has 0 unspecified atom stereocenters. The molecule has 0 saturated carbocycles. The van der Waals surface area contributed by atoms with Crippen molar-refractivity contribution in [2.24, 2.45) is 0 Å². The summed E-state index contributed by atoms with van der Waals surface area (Å²) in [7, 11) is 0. The molecule has 0 spiro atoms. The van der Waals surface area contributed by atoms with Gasteiger partial charge in [-0.2, -0.15) is 5.26 Å². The number of aromatic nitrogens is 3. The molecule has 2 heterocycles. The molecule has 0 radical (unpaired) electrons. The molecule has 8 heteroatoms. The van der Waals surface area contributed by atoms with Crippen molar-refractivity contribution in [3.63, 3.8) is 0 Å². The van der Waals surface area contributed by atoms with E-state index in [1.807, 2.05) is 0 Å². The molecule has 8 nitrogen and oxygen atoms in total. The normalized spacial score (nSPS) is 10.6. The van der Waals surface area contributed by atoms with Gasteiger partial charge in [0.15, 0.2) is 0 Å². The summed E-state index contributed by atoms with van der Waals surface area (Å²) in [6.07, 6.45) is 1.61.